The first-order valence-electron chi connectivity index (χ1n) is 3.44. The molecular formula is C7H13O2. The van der Waals surface area contributed by atoms with Crippen molar-refractivity contribution in [2.24, 2.45) is 0 Å². The van der Waals surface area contributed by atoms with Crippen molar-refractivity contribution >= 4 is 0 Å². The highest BCUT2D eigenvalue weighted by Crippen LogP contribution is 2.10. The average molecular weight is 129 g/mol. The highest BCUT2D eigenvalue weighted by atomic mass is 16.7. The van der Waals surface area contributed by atoms with Crippen LogP contribution in [0.5, 0.6) is 0 Å². The summed E-state index contributed by atoms with van der Waals surface area (Å²) in [7, 11) is 0. The monoisotopic (exact) mass is 129 g/mol. The molecule has 0 aromatic heterocycles. The minimum Gasteiger partial charge on any atom is -0.350 e. The first kappa shape index (κ1) is 7.03. The van der Waals surface area contributed by atoms with Gasteiger partial charge in [0.15, 0.2) is 6.29 Å². The van der Waals surface area contributed by atoms with Gasteiger partial charge in [-0.15, -0.1) is 0 Å². The molecule has 0 aromatic rings. The van der Waals surface area contributed by atoms with Crippen LogP contribution in [0.25, 0.3) is 0 Å². The predicted molar refractivity (Wildman–Crippen MR) is 34.9 cm³/mol. The van der Waals surface area contributed by atoms with E-state index in [0.717, 1.165) is 26.1 Å². The van der Waals surface area contributed by atoms with Crippen molar-refractivity contribution in [1.82, 2.24) is 0 Å². The third-order valence-electron chi connectivity index (χ3n) is 1.38. The molecule has 0 saturated carbocycles. The lowest BCUT2D eigenvalue weighted by atomic mass is 10.2. The third kappa shape index (κ3) is 2.33. The summed E-state index contributed by atoms with van der Waals surface area (Å²) in [5.41, 5.74) is 0. The third-order valence-corrected chi connectivity index (χ3v) is 1.38. The molecule has 53 valence electrons. The SMILES string of the molecule is C[CH]CCC1OCCO1. The van der Waals surface area contributed by atoms with Crippen LogP contribution in [-0.4, -0.2) is 19.5 Å². The van der Waals surface area contributed by atoms with Gasteiger partial charge in [-0.1, -0.05) is 6.92 Å². The van der Waals surface area contributed by atoms with Crippen molar-refractivity contribution in [1.29, 1.82) is 0 Å². The van der Waals surface area contributed by atoms with Gasteiger partial charge in [-0.05, 0) is 19.3 Å². The van der Waals surface area contributed by atoms with E-state index in [4.69, 9.17) is 9.47 Å². The van der Waals surface area contributed by atoms with Gasteiger partial charge < -0.3 is 9.47 Å². The first-order chi connectivity index (χ1) is 4.43. The molecule has 1 fully saturated rings. The van der Waals surface area contributed by atoms with Crippen LogP contribution in [0.3, 0.4) is 0 Å². The van der Waals surface area contributed by atoms with Crippen molar-refractivity contribution in [3.8, 4) is 0 Å². The predicted octanol–water partition coefficient (Wildman–Crippen LogP) is 1.36. The first-order valence-corrected chi connectivity index (χ1v) is 3.44. The summed E-state index contributed by atoms with van der Waals surface area (Å²) in [6.07, 6.45) is 4.31. The molecule has 1 saturated heterocycles. The summed E-state index contributed by atoms with van der Waals surface area (Å²) >= 11 is 0. The maximum Gasteiger partial charge on any atom is 0.157 e. The topological polar surface area (TPSA) is 18.5 Å². The van der Waals surface area contributed by atoms with E-state index in [0.29, 0.717) is 0 Å². The van der Waals surface area contributed by atoms with Gasteiger partial charge in [0.05, 0.1) is 13.2 Å². The van der Waals surface area contributed by atoms with E-state index in [1.54, 1.807) is 0 Å². The van der Waals surface area contributed by atoms with Crippen LogP contribution in [0, 0.1) is 6.42 Å². The van der Waals surface area contributed by atoms with Gasteiger partial charge in [0.2, 0.25) is 0 Å². The van der Waals surface area contributed by atoms with Crippen LogP contribution in [0.2, 0.25) is 0 Å². The molecule has 0 N–H and O–H groups in total. The number of hydrogen-bond donors (Lipinski definition) is 0. The van der Waals surface area contributed by atoms with Crippen molar-refractivity contribution in [2.75, 3.05) is 13.2 Å². The fourth-order valence-corrected chi connectivity index (χ4v) is 0.877. The van der Waals surface area contributed by atoms with E-state index >= 15 is 0 Å². The van der Waals surface area contributed by atoms with Crippen molar-refractivity contribution in [3.05, 3.63) is 6.42 Å². The summed E-state index contributed by atoms with van der Waals surface area (Å²) in [5.74, 6) is 0. The van der Waals surface area contributed by atoms with E-state index in [-0.39, 0.29) is 6.29 Å². The fourth-order valence-electron chi connectivity index (χ4n) is 0.877. The molecule has 0 spiro atoms. The Labute approximate surface area is 56.2 Å². The Morgan fingerprint density at radius 3 is 2.67 bits per heavy atom. The molecule has 0 aliphatic carbocycles. The summed E-state index contributed by atoms with van der Waals surface area (Å²) in [4.78, 5) is 0. The lowest BCUT2D eigenvalue weighted by molar-refractivity contribution is -0.0463. The molecule has 0 bridgehead atoms. The Balaban J connectivity index is 1.98. The quantitative estimate of drug-likeness (QED) is 0.573. The average Bonchev–Trinajstić information content (AvgIpc) is 2.34. The van der Waals surface area contributed by atoms with E-state index < -0.39 is 0 Å². The Morgan fingerprint density at radius 1 is 1.44 bits per heavy atom. The molecule has 2 heteroatoms. The van der Waals surface area contributed by atoms with Gasteiger partial charge in [-0.2, -0.15) is 0 Å². The number of hydrogen-bond acceptors (Lipinski definition) is 2. The Bertz CT molecular complexity index is 67.3. The van der Waals surface area contributed by atoms with Crippen LogP contribution < -0.4 is 0 Å². The van der Waals surface area contributed by atoms with Gasteiger partial charge in [0.1, 0.15) is 0 Å². The molecule has 2 nitrogen and oxygen atoms in total. The molecule has 1 radical (unpaired) electrons. The van der Waals surface area contributed by atoms with Gasteiger partial charge in [0.25, 0.3) is 0 Å². The van der Waals surface area contributed by atoms with Gasteiger partial charge in [0, 0.05) is 0 Å². The van der Waals surface area contributed by atoms with Crippen molar-refractivity contribution in [3.63, 3.8) is 0 Å². The normalized spacial score (nSPS) is 21.0. The lowest BCUT2D eigenvalue weighted by Crippen LogP contribution is -2.06. The second-order valence-corrected chi connectivity index (χ2v) is 2.16. The fraction of sp³-hybridized carbons (Fsp3) is 0.857. The molecule has 0 amide bonds. The zero-order chi connectivity index (χ0) is 6.53. The molecule has 0 aromatic carbocycles. The van der Waals surface area contributed by atoms with E-state index in [9.17, 15) is 0 Å². The minimum atomic E-state index is 0.0844. The molecule has 0 unspecified atom stereocenters. The molecular weight excluding hydrogens is 116 g/mol. The van der Waals surface area contributed by atoms with Crippen LogP contribution in [0.15, 0.2) is 0 Å². The largest absolute Gasteiger partial charge is 0.350 e. The number of unbranched alkanes of at least 4 members (excludes halogenated alkanes) is 1. The molecule has 1 heterocycles. The lowest BCUT2D eigenvalue weighted by Gasteiger charge is -2.05. The van der Waals surface area contributed by atoms with E-state index in [1.165, 1.54) is 0 Å². The van der Waals surface area contributed by atoms with Crippen LogP contribution in [-0.2, 0) is 9.47 Å². The van der Waals surface area contributed by atoms with Crippen molar-refractivity contribution < 1.29 is 9.47 Å². The van der Waals surface area contributed by atoms with Gasteiger partial charge in [-0.25, -0.2) is 0 Å². The second kappa shape index (κ2) is 3.85. The van der Waals surface area contributed by atoms with Crippen molar-refractivity contribution in [2.45, 2.75) is 26.1 Å². The molecule has 1 aliphatic heterocycles. The van der Waals surface area contributed by atoms with E-state index in [1.807, 2.05) is 0 Å². The summed E-state index contributed by atoms with van der Waals surface area (Å²) < 4.78 is 10.4. The van der Waals surface area contributed by atoms with Gasteiger partial charge in [-0.3, -0.25) is 0 Å². The zero-order valence-electron chi connectivity index (χ0n) is 5.80. The van der Waals surface area contributed by atoms with Crippen LogP contribution in [0.4, 0.5) is 0 Å². The number of rotatable bonds is 3. The molecule has 1 rings (SSSR count). The maximum absolute atomic E-state index is 5.21. The standard InChI is InChI=1S/C7H13O2/c1-2-3-4-7-8-5-6-9-7/h2,7H,3-6H2,1H3. The summed E-state index contributed by atoms with van der Waals surface area (Å²) in [5, 5.41) is 0. The number of ether oxygens (including phenoxy) is 2. The Morgan fingerprint density at radius 2 is 2.11 bits per heavy atom. The van der Waals surface area contributed by atoms with E-state index in [2.05, 4.69) is 13.3 Å². The minimum absolute atomic E-state index is 0.0844. The summed E-state index contributed by atoms with van der Waals surface area (Å²) in [6, 6.07) is 0. The van der Waals surface area contributed by atoms with Crippen LogP contribution >= 0.6 is 0 Å². The smallest absolute Gasteiger partial charge is 0.157 e. The van der Waals surface area contributed by atoms with Gasteiger partial charge >= 0.3 is 0 Å². The summed E-state index contributed by atoms with van der Waals surface area (Å²) in [6.45, 7) is 3.59. The Kier molecular flexibility index (Phi) is 3.01. The molecule has 1 aliphatic rings. The maximum atomic E-state index is 5.21. The highest BCUT2D eigenvalue weighted by molar-refractivity contribution is 4.59. The zero-order valence-corrected chi connectivity index (χ0v) is 5.80. The second-order valence-electron chi connectivity index (χ2n) is 2.16. The molecule has 0 atom stereocenters. The highest BCUT2D eigenvalue weighted by Gasteiger charge is 2.13. The molecule has 9 heavy (non-hydrogen) atoms. The Hall–Kier alpha value is -0.0800. The van der Waals surface area contributed by atoms with Crippen LogP contribution in [0.1, 0.15) is 19.8 Å².